The van der Waals surface area contributed by atoms with Crippen molar-refractivity contribution in [1.82, 2.24) is 10.2 Å². The minimum atomic E-state index is -0.374. The van der Waals surface area contributed by atoms with E-state index in [1.165, 1.54) is 24.3 Å². The van der Waals surface area contributed by atoms with Crippen LogP contribution >= 0.6 is 0 Å². The summed E-state index contributed by atoms with van der Waals surface area (Å²) < 4.78 is 23.9. The number of benzene rings is 2. The monoisotopic (exact) mass is 400 g/mol. The van der Waals surface area contributed by atoms with Crippen molar-refractivity contribution in [2.75, 3.05) is 26.3 Å². The first kappa shape index (κ1) is 20.6. The third kappa shape index (κ3) is 5.94. The number of nitrogens with zero attached hydrogens (tertiary/aromatic N) is 1. The fraction of sp³-hybridized carbons (Fsp3) is 0.364. The van der Waals surface area contributed by atoms with Gasteiger partial charge in [-0.1, -0.05) is 0 Å². The summed E-state index contributed by atoms with van der Waals surface area (Å²) in [5, 5.41) is 2.95. The predicted octanol–water partition coefficient (Wildman–Crippen LogP) is 3.02. The van der Waals surface area contributed by atoms with E-state index in [9.17, 15) is 14.0 Å². The maximum absolute atomic E-state index is 13.0. The second kappa shape index (κ2) is 9.91. The van der Waals surface area contributed by atoms with Gasteiger partial charge in [0, 0.05) is 24.7 Å². The average molecular weight is 400 g/mol. The minimum Gasteiger partial charge on any atom is -0.494 e. The van der Waals surface area contributed by atoms with Crippen LogP contribution in [0.3, 0.4) is 0 Å². The molecule has 0 aliphatic carbocycles. The minimum absolute atomic E-state index is 0.0105. The van der Waals surface area contributed by atoms with Crippen LogP contribution in [0, 0.1) is 5.82 Å². The van der Waals surface area contributed by atoms with Gasteiger partial charge in [-0.2, -0.15) is 0 Å². The molecule has 1 aliphatic rings. The van der Waals surface area contributed by atoms with Crippen molar-refractivity contribution in [3.05, 3.63) is 59.9 Å². The summed E-state index contributed by atoms with van der Waals surface area (Å²) in [6, 6.07) is 12.6. The Kier molecular flexibility index (Phi) is 7.05. The Labute approximate surface area is 169 Å². The van der Waals surface area contributed by atoms with Crippen LogP contribution in [0.1, 0.15) is 30.1 Å². The fourth-order valence-corrected chi connectivity index (χ4v) is 3.18. The van der Waals surface area contributed by atoms with Crippen LogP contribution < -0.4 is 14.8 Å². The molecule has 2 aromatic carbocycles. The first-order valence-corrected chi connectivity index (χ1v) is 9.75. The van der Waals surface area contributed by atoms with Crippen molar-refractivity contribution >= 4 is 11.8 Å². The highest BCUT2D eigenvalue weighted by molar-refractivity contribution is 5.94. The summed E-state index contributed by atoms with van der Waals surface area (Å²) in [6.07, 6.45) is 1.34. The number of amides is 2. The molecule has 3 rings (SSSR count). The number of rotatable bonds is 7. The lowest BCUT2D eigenvalue weighted by atomic mass is 10.0. The van der Waals surface area contributed by atoms with Gasteiger partial charge in [-0.15, -0.1) is 0 Å². The van der Waals surface area contributed by atoms with E-state index in [4.69, 9.17) is 9.47 Å². The first-order chi connectivity index (χ1) is 14.0. The summed E-state index contributed by atoms with van der Waals surface area (Å²) in [5.74, 6) is 0.691. The number of halogens is 1. The Balaban J connectivity index is 1.40. The van der Waals surface area contributed by atoms with Crippen molar-refractivity contribution in [2.24, 2.45) is 0 Å². The number of nitrogens with one attached hydrogen (secondary N) is 1. The third-order valence-corrected chi connectivity index (χ3v) is 4.79. The number of hydrogen-bond donors (Lipinski definition) is 1. The third-order valence-electron chi connectivity index (χ3n) is 4.79. The van der Waals surface area contributed by atoms with Crippen LogP contribution in [0.5, 0.6) is 11.5 Å². The van der Waals surface area contributed by atoms with Gasteiger partial charge in [0.05, 0.1) is 6.61 Å². The number of piperidine rings is 1. The molecular formula is C22H25FN2O4. The normalized spacial score (nSPS) is 14.3. The maximum Gasteiger partial charge on any atom is 0.260 e. The zero-order valence-electron chi connectivity index (χ0n) is 16.4. The maximum atomic E-state index is 13.0. The summed E-state index contributed by atoms with van der Waals surface area (Å²) in [5.41, 5.74) is 0.425. The van der Waals surface area contributed by atoms with Gasteiger partial charge in [0.2, 0.25) is 0 Å². The van der Waals surface area contributed by atoms with Gasteiger partial charge in [-0.25, -0.2) is 4.39 Å². The van der Waals surface area contributed by atoms with Gasteiger partial charge in [0.25, 0.3) is 11.8 Å². The molecule has 0 atom stereocenters. The van der Waals surface area contributed by atoms with Gasteiger partial charge in [-0.3, -0.25) is 9.59 Å². The van der Waals surface area contributed by atoms with E-state index in [0.717, 1.165) is 5.75 Å². The Hall–Kier alpha value is -3.09. The molecule has 0 unspecified atom stereocenters. The van der Waals surface area contributed by atoms with Crippen LogP contribution in [0.4, 0.5) is 4.39 Å². The van der Waals surface area contributed by atoms with Crippen molar-refractivity contribution in [1.29, 1.82) is 0 Å². The van der Waals surface area contributed by atoms with Crippen molar-refractivity contribution < 1.29 is 23.5 Å². The molecule has 7 heteroatoms. The molecule has 0 saturated carbocycles. The smallest absolute Gasteiger partial charge is 0.260 e. The van der Waals surface area contributed by atoms with Crippen LogP contribution in [-0.4, -0.2) is 49.1 Å². The molecule has 0 bridgehead atoms. The molecule has 0 radical (unpaired) electrons. The molecule has 29 heavy (non-hydrogen) atoms. The highest BCUT2D eigenvalue weighted by atomic mass is 19.1. The molecule has 1 aliphatic heterocycles. The molecule has 0 aromatic heterocycles. The average Bonchev–Trinajstić information content (AvgIpc) is 2.74. The Morgan fingerprint density at radius 3 is 2.17 bits per heavy atom. The quantitative estimate of drug-likeness (QED) is 0.776. The number of ether oxygens (including phenoxy) is 2. The molecular weight excluding hydrogens is 375 g/mol. The Morgan fingerprint density at radius 1 is 1.00 bits per heavy atom. The molecule has 0 spiro atoms. The van der Waals surface area contributed by atoms with E-state index in [-0.39, 0.29) is 30.3 Å². The second-order valence-corrected chi connectivity index (χ2v) is 6.83. The van der Waals surface area contributed by atoms with Gasteiger partial charge in [0.15, 0.2) is 6.61 Å². The zero-order chi connectivity index (χ0) is 20.6. The molecule has 1 fully saturated rings. The molecule has 2 amide bonds. The van der Waals surface area contributed by atoms with Gasteiger partial charge in [-0.05, 0) is 68.3 Å². The topological polar surface area (TPSA) is 67.9 Å². The summed E-state index contributed by atoms with van der Waals surface area (Å²) in [7, 11) is 0. The lowest BCUT2D eigenvalue weighted by molar-refractivity contribution is -0.134. The van der Waals surface area contributed by atoms with Crippen molar-refractivity contribution in [2.45, 2.75) is 25.8 Å². The van der Waals surface area contributed by atoms with Crippen molar-refractivity contribution in [3.8, 4) is 11.5 Å². The highest BCUT2D eigenvalue weighted by Gasteiger charge is 2.24. The van der Waals surface area contributed by atoms with E-state index in [1.54, 1.807) is 29.2 Å². The lowest BCUT2D eigenvalue weighted by Gasteiger charge is -2.32. The fourth-order valence-electron chi connectivity index (χ4n) is 3.18. The van der Waals surface area contributed by atoms with E-state index in [2.05, 4.69) is 5.32 Å². The van der Waals surface area contributed by atoms with Crippen molar-refractivity contribution in [3.63, 3.8) is 0 Å². The number of hydrogen-bond acceptors (Lipinski definition) is 4. The molecule has 1 saturated heterocycles. The molecule has 1 N–H and O–H groups in total. The first-order valence-electron chi connectivity index (χ1n) is 9.75. The largest absolute Gasteiger partial charge is 0.494 e. The lowest BCUT2D eigenvalue weighted by Crippen LogP contribution is -2.47. The Morgan fingerprint density at radius 2 is 1.59 bits per heavy atom. The standard InChI is InChI=1S/C22H25FN2O4/c1-2-28-19-7-9-20(10-8-19)29-15-21(26)25-13-11-18(12-14-25)24-22(27)16-3-5-17(23)6-4-16/h3-10,18H,2,11-15H2,1H3,(H,24,27). The SMILES string of the molecule is CCOc1ccc(OCC(=O)N2CCC(NC(=O)c3ccc(F)cc3)CC2)cc1. The molecule has 6 nitrogen and oxygen atoms in total. The number of likely N-dealkylation sites (tertiary alicyclic amines) is 1. The van der Waals surface area contributed by atoms with E-state index in [0.29, 0.717) is 43.9 Å². The summed E-state index contributed by atoms with van der Waals surface area (Å²) in [6.45, 7) is 3.60. The highest BCUT2D eigenvalue weighted by Crippen LogP contribution is 2.18. The molecule has 2 aromatic rings. The van der Waals surface area contributed by atoms with Crippen LogP contribution in [-0.2, 0) is 4.79 Å². The van der Waals surface area contributed by atoms with Gasteiger partial charge in [0.1, 0.15) is 17.3 Å². The van der Waals surface area contributed by atoms with Crippen LogP contribution in [0.2, 0.25) is 0 Å². The molecule has 1 heterocycles. The number of carbonyl (C=O) groups is 2. The van der Waals surface area contributed by atoms with E-state index >= 15 is 0 Å². The zero-order valence-corrected chi connectivity index (χ0v) is 16.4. The van der Waals surface area contributed by atoms with E-state index in [1.807, 2.05) is 6.92 Å². The molecule has 154 valence electrons. The predicted molar refractivity (Wildman–Crippen MR) is 107 cm³/mol. The summed E-state index contributed by atoms with van der Waals surface area (Å²) >= 11 is 0. The van der Waals surface area contributed by atoms with Crippen LogP contribution in [0.15, 0.2) is 48.5 Å². The van der Waals surface area contributed by atoms with E-state index < -0.39 is 0 Å². The number of carbonyl (C=O) groups excluding carboxylic acids is 2. The second-order valence-electron chi connectivity index (χ2n) is 6.83. The van der Waals surface area contributed by atoms with Crippen LogP contribution in [0.25, 0.3) is 0 Å². The summed E-state index contributed by atoms with van der Waals surface area (Å²) in [4.78, 5) is 26.3. The Bertz CT molecular complexity index is 816. The van der Waals surface area contributed by atoms with Gasteiger partial charge >= 0.3 is 0 Å². The van der Waals surface area contributed by atoms with Gasteiger partial charge < -0.3 is 19.7 Å².